The molecule has 0 aliphatic carbocycles. The maximum atomic E-state index is 12.7. The lowest BCUT2D eigenvalue weighted by atomic mass is 9.80. The summed E-state index contributed by atoms with van der Waals surface area (Å²) in [7, 11) is 3.91. The van der Waals surface area contributed by atoms with Gasteiger partial charge in [0.15, 0.2) is 0 Å². The van der Waals surface area contributed by atoms with Crippen molar-refractivity contribution < 1.29 is 19.8 Å². The van der Waals surface area contributed by atoms with Gasteiger partial charge >= 0.3 is 5.97 Å². The molecule has 1 saturated heterocycles. The van der Waals surface area contributed by atoms with Crippen molar-refractivity contribution in [3.05, 3.63) is 35.4 Å². The zero-order chi connectivity index (χ0) is 17.0. The molecule has 0 aromatic heterocycles. The van der Waals surface area contributed by atoms with Crippen molar-refractivity contribution in [3.63, 3.8) is 0 Å². The van der Waals surface area contributed by atoms with E-state index in [9.17, 15) is 14.7 Å². The first-order valence-electron chi connectivity index (χ1n) is 7.75. The fourth-order valence-electron chi connectivity index (χ4n) is 3.33. The SMILES string of the molecule is CN(C)C[C@@]1(CO)CCCN(C(=O)c2cccc(C(=O)O)c2)C1. The lowest BCUT2D eigenvalue weighted by Gasteiger charge is -2.43. The molecule has 6 nitrogen and oxygen atoms in total. The summed E-state index contributed by atoms with van der Waals surface area (Å²) in [6.07, 6.45) is 1.71. The Morgan fingerprint density at radius 3 is 2.61 bits per heavy atom. The summed E-state index contributed by atoms with van der Waals surface area (Å²) in [6, 6.07) is 6.10. The average molecular weight is 320 g/mol. The van der Waals surface area contributed by atoms with E-state index < -0.39 is 5.97 Å². The van der Waals surface area contributed by atoms with Gasteiger partial charge in [-0.25, -0.2) is 4.79 Å². The van der Waals surface area contributed by atoms with Crippen molar-refractivity contribution in [2.75, 3.05) is 40.3 Å². The van der Waals surface area contributed by atoms with Gasteiger partial charge in [0.25, 0.3) is 5.91 Å². The molecular formula is C17H24N2O4. The van der Waals surface area contributed by atoms with E-state index in [0.29, 0.717) is 25.2 Å². The predicted octanol–water partition coefficient (Wildman–Crippen LogP) is 1.16. The molecule has 23 heavy (non-hydrogen) atoms. The third-order valence-electron chi connectivity index (χ3n) is 4.29. The van der Waals surface area contributed by atoms with E-state index in [1.54, 1.807) is 17.0 Å². The third kappa shape index (κ3) is 4.09. The summed E-state index contributed by atoms with van der Waals surface area (Å²) in [5, 5.41) is 18.9. The fraction of sp³-hybridized carbons (Fsp3) is 0.529. The molecule has 1 heterocycles. The molecule has 1 aliphatic rings. The molecule has 1 amide bonds. The average Bonchev–Trinajstić information content (AvgIpc) is 2.53. The molecule has 1 aliphatic heterocycles. The maximum Gasteiger partial charge on any atom is 0.335 e. The number of carboxylic acids is 1. The number of rotatable bonds is 5. The Morgan fingerprint density at radius 1 is 1.30 bits per heavy atom. The lowest BCUT2D eigenvalue weighted by molar-refractivity contribution is 0.0138. The fourth-order valence-corrected chi connectivity index (χ4v) is 3.33. The molecule has 1 atom stereocenters. The van der Waals surface area contributed by atoms with Crippen LogP contribution in [0.15, 0.2) is 24.3 Å². The van der Waals surface area contributed by atoms with E-state index in [0.717, 1.165) is 12.8 Å². The summed E-state index contributed by atoms with van der Waals surface area (Å²) < 4.78 is 0. The van der Waals surface area contributed by atoms with Gasteiger partial charge in [-0.05, 0) is 45.1 Å². The lowest BCUT2D eigenvalue weighted by Crippen LogP contribution is -2.51. The molecule has 6 heteroatoms. The number of hydrogen-bond acceptors (Lipinski definition) is 4. The molecule has 1 aromatic rings. The van der Waals surface area contributed by atoms with Crippen LogP contribution in [0.25, 0.3) is 0 Å². The number of likely N-dealkylation sites (tertiary alicyclic amines) is 1. The van der Waals surface area contributed by atoms with E-state index in [2.05, 4.69) is 0 Å². The Morgan fingerprint density at radius 2 is 2.00 bits per heavy atom. The van der Waals surface area contributed by atoms with Crippen LogP contribution in [0.4, 0.5) is 0 Å². The van der Waals surface area contributed by atoms with Gasteiger partial charge in [0.2, 0.25) is 0 Å². The number of hydrogen-bond donors (Lipinski definition) is 2. The van der Waals surface area contributed by atoms with Crippen molar-refractivity contribution in [1.82, 2.24) is 9.80 Å². The van der Waals surface area contributed by atoms with Crippen LogP contribution in [0.3, 0.4) is 0 Å². The number of carbonyl (C=O) groups excluding carboxylic acids is 1. The highest BCUT2D eigenvalue weighted by Crippen LogP contribution is 2.31. The number of benzene rings is 1. The van der Waals surface area contributed by atoms with Crippen LogP contribution in [-0.2, 0) is 0 Å². The maximum absolute atomic E-state index is 12.7. The zero-order valence-electron chi connectivity index (χ0n) is 13.7. The van der Waals surface area contributed by atoms with Crippen LogP contribution >= 0.6 is 0 Å². The summed E-state index contributed by atoms with van der Waals surface area (Å²) in [5.41, 5.74) is 0.167. The molecule has 2 rings (SSSR count). The smallest absolute Gasteiger partial charge is 0.335 e. The van der Waals surface area contributed by atoms with E-state index in [4.69, 9.17) is 5.11 Å². The normalized spacial score (nSPS) is 21.5. The quantitative estimate of drug-likeness (QED) is 0.851. The molecule has 1 fully saturated rings. The third-order valence-corrected chi connectivity index (χ3v) is 4.29. The molecule has 0 spiro atoms. The number of aliphatic hydroxyl groups excluding tert-OH is 1. The second-order valence-electron chi connectivity index (χ2n) is 6.61. The minimum atomic E-state index is -1.05. The Balaban J connectivity index is 2.19. The number of piperidine rings is 1. The molecule has 1 aromatic carbocycles. The number of nitrogens with zero attached hydrogens (tertiary/aromatic N) is 2. The van der Waals surface area contributed by atoms with Gasteiger partial charge in [0, 0.05) is 30.6 Å². The van der Waals surface area contributed by atoms with E-state index in [1.165, 1.54) is 12.1 Å². The second kappa shape index (κ2) is 7.10. The van der Waals surface area contributed by atoms with Crippen molar-refractivity contribution in [2.45, 2.75) is 12.8 Å². The first kappa shape index (κ1) is 17.4. The molecule has 126 valence electrons. The largest absolute Gasteiger partial charge is 0.478 e. The van der Waals surface area contributed by atoms with Gasteiger partial charge < -0.3 is 20.0 Å². The second-order valence-corrected chi connectivity index (χ2v) is 6.61. The number of carbonyl (C=O) groups is 2. The van der Waals surface area contributed by atoms with Crippen LogP contribution in [0.5, 0.6) is 0 Å². The van der Waals surface area contributed by atoms with Crippen molar-refractivity contribution in [1.29, 1.82) is 0 Å². The van der Waals surface area contributed by atoms with Crippen LogP contribution in [0.2, 0.25) is 0 Å². The van der Waals surface area contributed by atoms with Gasteiger partial charge in [0.1, 0.15) is 0 Å². The zero-order valence-corrected chi connectivity index (χ0v) is 13.7. The van der Waals surface area contributed by atoms with E-state index in [-0.39, 0.29) is 23.5 Å². The molecule has 0 radical (unpaired) electrons. The Bertz CT molecular complexity index is 588. The van der Waals surface area contributed by atoms with Crippen molar-refractivity contribution in [3.8, 4) is 0 Å². The molecule has 2 N–H and O–H groups in total. The minimum Gasteiger partial charge on any atom is -0.478 e. The summed E-state index contributed by atoms with van der Waals surface area (Å²) in [6.45, 7) is 1.86. The van der Waals surface area contributed by atoms with Gasteiger partial charge in [-0.3, -0.25) is 4.79 Å². The summed E-state index contributed by atoms with van der Waals surface area (Å²) >= 11 is 0. The van der Waals surface area contributed by atoms with E-state index >= 15 is 0 Å². The summed E-state index contributed by atoms with van der Waals surface area (Å²) in [5.74, 6) is -1.22. The molecular weight excluding hydrogens is 296 g/mol. The Hall–Kier alpha value is -1.92. The Kier molecular flexibility index (Phi) is 5.38. The van der Waals surface area contributed by atoms with Crippen LogP contribution in [0, 0.1) is 5.41 Å². The van der Waals surface area contributed by atoms with E-state index in [1.807, 2.05) is 19.0 Å². The number of aliphatic hydroxyl groups is 1. The van der Waals surface area contributed by atoms with Gasteiger partial charge in [-0.2, -0.15) is 0 Å². The molecule has 0 saturated carbocycles. The van der Waals surface area contributed by atoms with Gasteiger partial charge in [0.05, 0.1) is 12.2 Å². The molecule has 0 bridgehead atoms. The van der Waals surface area contributed by atoms with Crippen molar-refractivity contribution >= 4 is 11.9 Å². The highest BCUT2D eigenvalue weighted by molar-refractivity contribution is 5.97. The van der Waals surface area contributed by atoms with Crippen LogP contribution in [0.1, 0.15) is 33.6 Å². The number of amides is 1. The summed E-state index contributed by atoms with van der Waals surface area (Å²) in [4.78, 5) is 27.5. The number of aromatic carboxylic acids is 1. The minimum absolute atomic E-state index is 0.0319. The van der Waals surface area contributed by atoms with Crippen LogP contribution in [-0.4, -0.2) is 72.2 Å². The predicted molar refractivity (Wildman–Crippen MR) is 86.6 cm³/mol. The highest BCUT2D eigenvalue weighted by atomic mass is 16.4. The topological polar surface area (TPSA) is 81.1 Å². The van der Waals surface area contributed by atoms with Gasteiger partial charge in [-0.15, -0.1) is 0 Å². The van der Waals surface area contributed by atoms with Crippen LogP contribution < -0.4 is 0 Å². The molecule has 0 unspecified atom stereocenters. The number of carboxylic acid groups (broad SMARTS) is 1. The highest BCUT2D eigenvalue weighted by Gasteiger charge is 2.37. The monoisotopic (exact) mass is 320 g/mol. The standard InChI is InChI=1S/C17H24N2O4/c1-18(2)10-17(12-20)7-4-8-19(11-17)15(21)13-5-3-6-14(9-13)16(22)23/h3,5-6,9,20H,4,7-8,10-12H2,1-2H3,(H,22,23)/t17-/m0/s1. The van der Waals surface area contributed by atoms with Crippen molar-refractivity contribution in [2.24, 2.45) is 5.41 Å². The first-order chi connectivity index (χ1) is 10.9. The Labute approximate surface area is 136 Å². The van der Waals surface area contributed by atoms with Gasteiger partial charge in [-0.1, -0.05) is 6.07 Å². The first-order valence-corrected chi connectivity index (χ1v) is 7.75.